The molecule has 0 saturated carbocycles. The maximum Gasteiger partial charge on any atom is 0.226 e. The average molecular weight is 389 g/mol. The van der Waals surface area contributed by atoms with Gasteiger partial charge in [-0.3, -0.25) is 9.59 Å². The highest BCUT2D eigenvalue weighted by molar-refractivity contribution is 5.90. The zero-order chi connectivity index (χ0) is 20.3. The van der Waals surface area contributed by atoms with E-state index in [-0.39, 0.29) is 30.3 Å². The van der Waals surface area contributed by atoms with Crippen LogP contribution in [0.25, 0.3) is 0 Å². The van der Waals surface area contributed by atoms with Crippen LogP contribution < -0.4 is 14.8 Å². The molecular weight excluding hydrogens is 358 g/mol. The van der Waals surface area contributed by atoms with E-state index in [9.17, 15) is 9.59 Å². The van der Waals surface area contributed by atoms with Crippen molar-refractivity contribution in [1.82, 2.24) is 15.1 Å². The van der Waals surface area contributed by atoms with Crippen LogP contribution in [-0.2, 0) is 9.59 Å². The lowest BCUT2D eigenvalue weighted by Gasteiger charge is -2.32. The molecule has 2 atom stereocenters. The highest BCUT2D eigenvalue weighted by atomic mass is 16.5. The normalized spacial score (nSPS) is 23.7. The Kier molecular flexibility index (Phi) is 6.44. The van der Waals surface area contributed by atoms with Crippen molar-refractivity contribution in [3.63, 3.8) is 0 Å². The molecule has 1 aromatic rings. The van der Waals surface area contributed by atoms with Gasteiger partial charge < -0.3 is 24.6 Å². The number of carbonyl (C=O) groups is 2. The largest absolute Gasteiger partial charge is 0.493 e. The van der Waals surface area contributed by atoms with Crippen LogP contribution in [0.2, 0.25) is 0 Å². The first-order valence-electron chi connectivity index (χ1n) is 9.98. The first-order chi connectivity index (χ1) is 13.5. The van der Waals surface area contributed by atoms with E-state index in [1.165, 1.54) is 0 Å². The van der Waals surface area contributed by atoms with Crippen LogP contribution in [0.15, 0.2) is 18.2 Å². The summed E-state index contributed by atoms with van der Waals surface area (Å²) in [5.41, 5.74) is 0.897. The Morgan fingerprint density at radius 2 is 1.86 bits per heavy atom. The van der Waals surface area contributed by atoms with Crippen LogP contribution in [0.1, 0.15) is 37.8 Å². The summed E-state index contributed by atoms with van der Waals surface area (Å²) < 4.78 is 10.7. The molecule has 0 unspecified atom stereocenters. The van der Waals surface area contributed by atoms with Crippen LogP contribution in [0.5, 0.6) is 11.5 Å². The van der Waals surface area contributed by atoms with Gasteiger partial charge >= 0.3 is 0 Å². The fourth-order valence-corrected chi connectivity index (χ4v) is 4.31. The SMILES string of the molecule is CCN1C(=O)C[C@@H](C(=O)NC2CCN(C)CC2)[C@@H]1c1ccc(OC)c(OC)c1. The van der Waals surface area contributed by atoms with Crippen molar-refractivity contribution in [2.75, 3.05) is 40.9 Å². The maximum atomic E-state index is 13.1. The Bertz CT molecular complexity index is 716. The number of nitrogens with zero attached hydrogens (tertiary/aromatic N) is 2. The molecule has 7 nitrogen and oxygen atoms in total. The molecule has 154 valence electrons. The average Bonchev–Trinajstić information content (AvgIpc) is 3.05. The van der Waals surface area contributed by atoms with Crippen LogP contribution in [0.4, 0.5) is 0 Å². The summed E-state index contributed by atoms with van der Waals surface area (Å²) >= 11 is 0. The van der Waals surface area contributed by atoms with Gasteiger partial charge in [0.15, 0.2) is 11.5 Å². The van der Waals surface area contributed by atoms with Gasteiger partial charge in [-0.25, -0.2) is 0 Å². The maximum absolute atomic E-state index is 13.1. The Labute approximate surface area is 167 Å². The lowest BCUT2D eigenvalue weighted by atomic mass is 9.91. The number of piperidine rings is 1. The summed E-state index contributed by atoms with van der Waals surface area (Å²) in [7, 11) is 5.27. The Morgan fingerprint density at radius 3 is 2.46 bits per heavy atom. The summed E-state index contributed by atoms with van der Waals surface area (Å²) in [5.74, 6) is 0.825. The summed E-state index contributed by atoms with van der Waals surface area (Å²) in [5, 5.41) is 3.20. The number of hydrogen-bond donors (Lipinski definition) is 1. The van der Waals surface area contributed by atoms with E-state index in [1.54, 1.807) is 19.1 Å². The highest BCUT2D eigenvalue weighted by Gasteiger charge is 2.44. The Balaban J connectivity index is 1.83. The summed E-state index contributed by atoms with van der Waals surface area (Å²) in [6, 6.07) is 5.52. The Hall–Kier alpha value is -2.28. The third kappa shape index (κ3) is 4.09. The standard InChI is InChI=1S/C21H31N3O4/c1-5-24-19(25)13-16(21(26)22-15-8-10-23(2)11-9-15)20(24)14-6-7-17(27-3)18(12-14)28-4/h6-7,12,15-16,20H,5,8-11,13H2,1-4H3,(H,22,26)/t16-,20+/m1/s1. The minimum absolute atomic E-state index is 0.0193. The predicted octanol–water partition coefficient (Wildman–Crippen LogP) is 1.82. The quantitative estimate of drug-likeness (QED) is 0.804. The van der Waals surface area contributed by atoms with Crippen molar-refractivity contribution in [3.05, 3.63) is 23.8 Å². The van der Waals surface area contributed by atoms with Crippen molar-refractivity contribution < 1.29 is 19.1 Å². The van der Waals surface area contributed by atoms with Gasteiger partial charge in [0.25, 0.3) is 0 Å². The molecule has 2 aliphatic rings. The number of rotatable bonds is 6. The molecule has 2 saturated heterocycles. The lowest BCUT2D eigenvalue weighted by molar-refractivity contribution is -0.129. The van der Waals surface area contributed by atoms with Crippen LogP contribution in [0.3, 0.4) is 0 Å². The van der Waals surface area contributed by atoms with Crippen molar-refractivity contribution >= 4 is 11.8 Å². The van der Waals surface area contributed by atoms with Gasteiger partial charge in [-0.1, -0.05) is 6.07 Å². The van der Waals surface area contributed by atoms with E-state index in [1.807, 2.05) is 25.1 Å². The fraction of sp³-hybridized carbons (Fsp3) is 0.619. The molecule has 1 N–H and O–H groups in total. The number of benzene rings is 1. The molecule has 3 rings (SSSR count). The fourth-order valence-electron chi connectivity index (χ4n) is 4.31. The number of hydrogen-bond acceptors (Lipinski definition) is 5. The molecule has 0 spiro atoms. The van der Waals surface area contributed by atoms with Crippen molar-refractivity contribution in [1.29, 1.82) is 0 Å². The summed E-state index contributed by atoms with van der Waals surface area (Å²) in [6.45, 7) is 4.47. The number of amides is 2. The first kappa shape index (κ1) is 20.5. The number of methoxy groups -OCH3 is 2. The van der Waals surface area contributed by atoms with Crippen molar-refractivity contribution in [2.24, 2.45) is 5.92 Å². The lowest BCUT2D eigenvalue weighted by Crippen LogP contribution is -2.46. The molecule has 2 heterocycles. The molecule has 0 bridgehead atoms. The minimum atomic E-state index is -0.398. The monoisotopic (exact) mass is 389 g/mol. The molecule has 2 fully saturated rings. The van der Waals surface area contributed by atoms with Gasteiger partial charge in [-0.05, 0) is 57.6 Å². The molecule has 28 heavy (non-hydrogen) atoms. The van der Waals surface area contributed by atoms with Gasteiger partial charge in [-0.2, -0.15) is 0 Å². The number of carbonyl (C=O) groups excluding carboxylic acids is 2. The third-order valence-electron chi connectivity index (χ3n) is 5.92. The van der Waals surface area contributed by atoms with Crippen LogP contribution in [0, 0.1) is 5.92 Å². The summed E-state index contributed by atoms with van der Waals surface area (Å²) in [4.78, 5) is 29.8. The topological polar surface area (TPSA) is 71.1 Å². The number of likely N-dealkylation sites (tertiary alicyclic amines) is 2. The second-order valence-corrected chi connectivity index (χ2v) is 7.64. The van der Waals surface area contributed by atoms with Crippen LogP contribution in [-0.4, -0.2) is 68.6 Å². The molecule has 1 aromatic carbocycles. The Morgan fingerprint density at radius 1 is 1.18 bits per heavy atom. The number of ether oxygens (including phenoxy) is 2. The smallest absolute Gasteiger partial charge is 0.226 e. The second-order valence-electron chi connectivity index (χ2n) is 7.64. The van der Waals surface area contributed by atoms with Gasteiger partial charge in [0.05, 0.1) is 26.2 Å². The highest BCUT2D eigenvalue weighted by Crippen LogP contribution is 2.41. The molecule has 0 aromatic heterocycles. The van der Waals surface area contributed by atoms with Crippen molar-refractivity contribution in [2.45, 2.75) is 38.3 Å². The molecular formula is C21H31N3O4. The molecule has 2 aliphatic heterocycles. The van der Waals surface area contributed by atoms with E-state index in [2.05, 4.69) is 17.3 Å². The van der Waals surface area contributed by atoms with E-state index in [4.69, 9.17) is 9.47 Å². The van der Waals surface area contributed by atoms with Gasteiger partial charge in [0, 0.05) is 19.0 Å². The minimum Gasteiger partial charge on any atom is -0.493 e. The third-order valence-corrected chi connectivity index (χ3v) is 5.92. The van der Waals surface area contributed by atoms with E-state index >= 15 is 0 Å². The number of nitrogens with one attached hydrogen (secondary N) is 1. The van der Waals surface area contributed by atoms with Crippen LogP contribution >= 0.6 is 0 Å². The first-order valence-corrected chi connectivity index (χ1v) is 9.98. The van der Waals surface area contributed by atoms with Gasteiger partial charge in [0.2, 0.25) is 11.8 Å². The molecule has 0 radical (unpaired) electrons. The van der Waals surface area contributed by atoms with E-state index < -0.39 is 5.92 Å². The summed E-state index contributed by atoms with van der Waals surface area (Å²) in [6.07, 6.45) is 2.13. The van der Waals surface area contributed by atoms with Crippen molar-refractivity contribution in [3.8, 4) is 11.5 Å². The van der Waals surface area contributed by atoms with Gasteiger partial charge in [0.1, 0.15) is 0 Å². The van der Waals surface area contributed by atoms with E-state index in [0.717, 1.165) is 31.5 Å². The zero-order valence-corrected chi connectivity index (χ0v) is 17.2. The molecule has 7 heteroatoms. The van der Waals surface area contributed by atoms with Gasteiger partial charge in [-0.15, -0.1) is 0 Å². The second kappa shape index (κ2) is 8.82. The van der Waals surface area contributed by atoms with E-state index in [0.29, 0.717) is 18.0 Å². The predicted molar refractivity (Wildman–Crippen MR) is 106 cm³/mol. The molecule has 0 aliphatic carbocycles. The molecule has 2 amide bonds. The zero-order valence-electron chi connectivity index (χ0n) is 17.2.